The van der Waals surface area contributed by atoms with Gasteiger partial charge >= 0.3 is 0 Å². The van der Waals surface area contributed by atoms with Crippen LogP contribution >= 0.6 is 0 Å². The van der Waals surface area contributed by atoms with E-state index in [0.29, 0.717) is 6.54 Å². The highest BCUT2D eigenvalue weighted by Gasteiger charge is 2.27. The molecule has 1 aliphatic heterocycles. The van der Waals surface area contributed by atoms with E-state index in [-0.39, 0.29) is 5.91 Å². The molecule has 3 N–H and O–H groups in total. The van der Waals surface area contributed by atoms with Crippen LogP contribution in [0.4, 0.5) is 11.4 Å². The Morgan fingerprint density at radius 3 is 2.90 bits per heavy atom. The summed E-state index contributed by atoms with van der Waals surface area (Å²) < 4.78 is 0. The van der Waals surface area contributed by atoms with E-state index in [1.807, 2.05) is 18.2 Å². The fourth-order valence-electron chi connectivity index (χ4n) is 2.91. The van der Waals surface area contributed by atoms with Crippen molar-refractivity contribution >= 4 is 17.3 Å². The van der Waals surface area contributed by atoms with Gasteiger partial charge < -0.3 is 16.0 Å². The number of hydrogen-bond donors (Lipinski definition) is 3. The molecule has 1 fully saturated rings. The first-order valence-corrected chi connectivity index (χ1v) is 7.92. The Morgan fingerprint density at radius 2 is 2.14 bits per heavy atom. The number of amides is 1. The van der Waals surface area contributed by atoms with Crippen LogP contribution in [0, 0.1) is 0 Å². The zero-order valence-corrected chi connectivity index (χ0v) is 12.6. The van der Waals surface area contributed by atoms with Gasteiger partial charge in [0.25, 0.3) is 5.91 Å². The van der Waals surface area contributed by atoms with Gasteiger partial charge in [0, 0.05) is 32.2 Å². The first-order valence-electron chi connectivity index (χ1n) is 7.92. The van der Waals surface area contributed by atoms with Gasteiger partial charge in [-0.1, -0.05) is 13.0 Å². The third kappa shape index (κ3) is 3.29. The zero-order chi connectivity index (χ0) is 14.7. The van der Waals surface area contributed by atoms with E-state index in [9.17, 15) is 4.79 Å². The van der Waals surface area contributed by atoms with Crippen molar-refractivity contribution in [2.45, 2.75) is 25.8 Å². The Balaban J connectivity index is 1.58. The third-order valence-electron chi connectivity index (χ3n) is 4.21. The second-order valence-corrected chi connectivity index (χ2v) is 5.70. The number of nitrogens with one attached hydrogen (secondary N) is 3. The minimum Gasteiger partial charge on any atom is -0.382 e. The fourth-order valence-corrected chi connectivity index (χ4v) is 2.91. The first kappa shape index (κ1) is 14.2. The molecule has 0 bridgehead atoms. The van der Waals surface area contributed by atoms with E-state index in [1.54, 1.807) is 0 Å². The lowest BCUT2D eigenvalue weighted by Gasteiger charge is -2.23. The molecule has 2 aliphatic rings. The van der Waals surface area contributed by atoms with E-state index >= 15 is 0 Å². The van der Waals surface area contributed by atoms with Crippen molar-refractivity contribution in [3.63, 3.8) is 0 Å². The molecule has 0 saturated heterocycles. The van der Waals surface area contributed by atoms with Crippen LogP contribution in [0.25, 0.3) is 0 Å². The average molecular weight is 288 g/mol. The van der Waals surface area contributed by atoms with Crippen molar-refractivity contribution in [1.82, 2.24) is 10.2 Å². The van der Waals surface area contributed by atoms with Gasteiger partial charge in [-0.25, -0.2) is 0 Å². The van der Waals surface area contributed by atoms with Crippen LogP contribution in [0.15, 0.2) is 18.2 Å². The van der Waals surface area contributed by atoms with Crippen LogP contribution < -0.4 is 16.0 Å². The summed E-state index contributed by atoms with van der Waals surface area (Å²) in [5, 5.41) is 9.68. The third-order valence-corrected chi connectivity index (χ3v) is 4.21. The predicted molar refractivity (Wildman–Crippen MR) is 86.0 cm³/mol. The van der Waals surface area contributed by atoms with Crippen LogP contribution in [-0.2, 0) is 0 Å². The van der Waals surface area contributed by atoms with Crippen molar-refractivity contribution in [2.24, 2.45) is 0 Å². The maximum atomic E-state index is 12.4. The average Bonchev–Trinajstić information content (AvgIpc) is 3.35. The summed E-state index contributed by atoms with van der Waals surface area (Å²) in [5.74, 6) is 0.00917. The zero-order valence-electron chi connectivity index (χ0n) is 12.6. The molecule has 21 heavy (non-hydrogen) atoms. The van der Waals surface area contributed by atoms with Gasteiger partial charge in [0.15, 0.2) is 0 Å². The van der Waals surface area contributed by atoms with Crippen LogP contribution in [-0.4, -0.2) is 49.6 Å². The standard InChI is InChI=1S/C16H24N4O/c1-2-20(12-6-7-12)11-10-19-16(21)13-4-3-5-14-15(13)18-9-8-17-14/h3-5,12,17-18H,2,6-11H2,1H3,(H,19,21). The lowest BCUT2D eigenvalue weighted by molar-refractivity contribution is 0.0948. The lowest BCUT2D eigenvalue weighted by Crippen LogP contribution is -2.36. The molecule has 0 atom stereocenters. The molecule has 0 spiro atoms. The van der Waals surface area contributed by atoms with Crippen LogP contribution in [0.5, 0.6) is 0 Å². The molecular formula is C16H24N4O. The number of carbonyl (C=O) groups is 1. The number of carbonyl (C=O) groups excluding carboxylic acids is 1. The summed E-state index contributed by atoms with van der Waals surface area (Å²) >= 11 is 0. The molecule has 0 unspecified atom stereocenters. The molecule has 5 nitrogen and oxygen atoms in total. The summed E-state index contributed by atoms with van der Waals surface area (Å²) in [6, 6.07) is 6.56. The maximum absolute atomic E-state index is 12.4. The number of nitrogens with zero attached hydrogens (tertiary/aromatic N) is 1. The van der Waals surface area contributed by atoms with Gasteiger partial charge in [0.1, 0.15) is 0 Å². The highest BCUT2D eigenvalue weighted by Crippen LogP contribution is 2.28. The Bertz CT molecular complexity index is 513. The molecule has 1 saturated carbocycles. The molecule has 1 aromatic rings. The van der Waals surface area contributed by atoms with Gasteiger partial charge in [0.2, 0.25) is 0 Å². The van der Waals surface area contributed by atoms with Gasteiger partial charge in [-0.3, -0.25) is 9.69 Å². The highest BCUT2D eigenvalue weighted by molar-refractivity contribution is 6.02. The van der Waals surface area contributed by atoms with E-state index in [2.05, 4.69) is 27.8 Å². The van der Waals surface area contributed by atoms with Gasteiger partial charge in [-0.15, -0.1) is 0 Å². The summed E-state index contributed by atoms with van der Waals surface area (Å²) in [5.41, 5.74) is 2.67. The second kappa shape index (κ2) is 6.35. The Labute approximate surface area is 126 Å². The predicted octanol–water partition coefficient (Wildman–Crippen LogP) is 1.74. The molecule has 1 amide bonds. The normalized spacial score (nSPS) is 16.9. The fraction of sp³-hybridized carbons (Fsp3) is 0.562. The molecule has 114 valence electrons. The first-order chi connectivity index (χ1) is 10.3. The van der Waals surface area contributed by atoms with E-state index in [1.165, 1.54) is 12.8 Å². The topological polar surface area (TPSA) is 56.4 Å². The van der Waals surface area contributed by atoms with Crippen LogP contribution in [0.3, 0.4) is 0 Å². The summed E-state index contributed by atoms with van der Waals surface area (Å²) in [7, 11) is 0. The summed E-state index contributed by atoms with van der Waals surface area (Å²) in [6.45, 7) is 6.64. The van der Waals surface area contributed by atoms with E-state index < -0.39 is 0 Å². The molecular weight excluding hydrogens is 264 g/mol. The molecule has 0 radical (unpaired) electrons. The van der Waals surface area contributed by atoms with Gasteiger partial charge in [-0.2, -0.15) is 0 Å². The smallest absolute Gasteiger partial charge is 0.253 e. The largest absolute Gasteiger partial charge is 0.382 e. The van der Waals surface area contributed by atoms with E-state index in [0.717, 1.165) is 49.2 Å². The number of likely N-dealkylation sites (N-methyl/N-ethyl adjacent to an activating group) is 1. The van der Waals surface area contributed by atoms with E-state index in [4.69, 9.17) is 0 Å². The summed E-state index contributed by atoms with van der Waals surface area (Å²) in [4.78, 5) is 14.8. The van der Waals surface area contributed by atoms with Crippen LogP contribution in [0.1, 0.15) is 30.1 Å². The monoisotopic (exact) mass is 288 g/mol. The number of hydrogen-bond acceptors (Lipinski definition) is 4. The van der Waals surface area contributed by atoms with Crippen molar-refractivity contribution in [3.8, 4) is 0 Å². The molecule has 5 heteroatoms. The number of fused-ring (bicyclic) bond motifs is 1. The molecule has 0 aromatic heterocycles. The molecule has 1 heterocycles. The number of anilines is 2. The Hall–Kier alpha value is -1.75. The van der Waals surface area contributed by atoms with Crippen molar-refractivity contribution in [3.05, 3.63) is 23.8 Å². The minimum atomic E-state index is 0.00917. The highest BCUT2D eigenvalue weighted by atomic mass is 16.1. The Kier molecular flexibility index (Phi) is 4.29. The SMILES string of the molecule is CCN(CCNC(=O)c1cccc2c1NCCN2)C1CC1. The molecule has 1 aliphatic carbocycles. The molecule has 3 rings (SSSR count). The minimum absolute atomic E-state index is 0.00917. The van der Waals surface area contributed by atoms with Crippen molar-refractivity contribution in [1.29, 1.82) is 0 Å². The van der Waals surface area contributed by atoms with Crippen LogP contribution in [0.2, 0.25) is 0 Å². The van der Waals surface area contributed by atoms with Crippen molar-refractivity contribution in [2.75, 3.05) is 43.4 Å². The van der Waals surface area contributed by atoms with Crippen molar-refractivity contribution < 1.29 is 4.79 Å². The van der Waals surface area contributed by atoms with Gasteiger partial charge in [0.05, 0.1) is 16.9 Å². The Morgan fingerprint density at radius 1 is 1.33 bits per heavy atom. The number of rotatable bonds is 6. The van der Waals surface area contributed by atoms with Gasteiger partial charge in [-0.05, 0) is 31.5 Å². The number of benzene rings is 1. The maximum Gasteiger partial charge on any atom is 0.253 e. The second-order valence-electron chi connectivity index (χ2n) is 5.70. The quantitative estimate of drug-likeness (QED) is 0.746. The summed E-state index contributed by atoms with van der Waals surface area (Å²) in [6.07, 6.45) is 2.62. The molecule has 1 aromatic carbocycles. The number of para-hydroxylation sites is 1. The lowest BCUT2D eigenvalue weighted by atomic mass is 10.1.